The number of ether oxygens (including phenoxy) is 1. The maximum absolute atomic E-state index is 12.5. The first-order chi connectivity index (χ1) is 12.8. The van der Waals surface area contributed by atoms with Crippen molar-refractivity contribution in [2.24, 2.45) is 0 Å². The molecule has 2 aromatic carbocycles. The zero-order chi connectivity index (χ0) is 19.4. The summed E-state index contributed by atoms with van der Waals surface area (Å²) in [5.74, 6) is -0.223. The Balaban J connectivity index is 1.65. The van der Waals surface area contributed by atoms with Gasteiger partial charge in [-0.25, -0.2) is 13.2 Å². The summed E-state index contributed by atoms with van der Waals surface area (Å²) in [5, 5.41) is 10.6. The number of nitro groups is 1. The second-order valence-corrected chi connectivity index (χ2v) is 9.71. The zero-order valence-electron chi connectivity index (χ0n) is 14.2. The molecule has 0 amide bonds. The van der Waals surface area contributed by atoms with Gasteiger partial charge in [0.2, 0.25) is 0 Å². The van der Waals surface area contributed by atoms with Crippen molar-refractivity contribution in [3.05, 3.63) is 69.8 Å². The van der Waals surface area contributed by atoms with E-state index in [1.807, 2.05) is 0 Å². The summed E-state index contributed by atoms with van der Waals surface area (Å²) in [5.41, 5.74) is 0.994. The van der Waals surface area contributed by atoms with E-state index >= 15 is 0 Å². The third-order valence-electron chi connectivity index (χ3n) is 4.11. The minimum absolute atomic E-state index is 0.00631. The molecule has 0 aromatic heterocycles. The molecule has 1 saturated heterocycles. The molecule has 0 spiro atoms. The normalized spacial score (nSPS) is 18.1. The van der Waals surface area contributed by atoms with E-state index in [4.69, 9.17) is 4.74 Å². The van der Waals surface area contributed by atoms with E-state index in [-0.39, 0.29) is 29.0 Å². The number of rotatable bonds is 6. The molecular weight excluding hydrogens is 390 g/mol. The fourth-order valence-electron chi connectivity index (χ4n) is 2.71. The summed E-state index contributed by atoms with van der Waals surface area (Å²) in [6.07, 6.45) is 0.569. The molecule has 0 aliphatic carbocycles. The van der Waals surface area contributed by atoms with Crippen LogP contribution in [0, 0.1) is 10.1 Å². The smallest absolute Gasteiger partial charge is 0.339 e. The Morgan fingerprint density at radius 1 is 1.19 bits per heavy atom. The molecule has 0 unspecified atom stereocenters. The van der Waals surface area contributed by atoms with Crippen molar-refractivity contribution in [2.75, 3.05) is 11.5 Å². The second kappa shape index (κ2) is 8.10. The number of sulfone groups is 1. The monoisotopic (exact) mass is 407 g/mol. The average molecular weight is 407 g/mol. The highest BCUT2D eigenvalue weighted by Crippen LogP contribution is 2.33. The van der Waals surface area contributed by atoms with Gasteiger partial charge in [0.1, 0.15) is 6.61 Å². The van der Waals surface area contributed by atoms with Gasteiger partial charge in [0.15, 0.2) is 9.84 Å². The lowest BCUT2D eigenvalue weighted by Gasteiger charge is -2.12. The topological polar surface area (TPSA) is 104 Å². The van der Waals surface area contributed by atoms with Crippen molar-refractivity contribution < 1.29 is 22.9 Å². The van der Waals surface area contributed by atoms with Crippen LogP contribution in [0.5, 0.6) is 0 Å². The summed E-state index contributed by atoms with van der Waals surface area (Å²) in [6, 6.07) is 12.7. The maximum atomic E-state index is 12.5. The van der Waals surface area contributed by atoms with Gasteiger partial charge in [0.25, 0.3) is 5.69 Å². The predicted octanol–water partition coefficient (Wildman–Crippen LogP) is 3.23. The molecule has 9 heteroatoms. The first-order valence-corrected chi connectivity index (χ1v) is 10.9. The maximum Gasteiger partial charge on any atom is 0.339 e. The largest absolute Gasteiger partial charge is 0.457 e. The second-order valence-electron chi connectivity index (χ2n) is 6.14. The number of nitrogens with zero attached hydrogens (tertiary/aromatic N) is 1. The van der Waals surface area contributed by atoms with Gasteiger partial charge in [0, 0.05) is 22.3 Å². The Hall–Kier alpha value is -2.39. The zero-order valence-corrected chi connectivity index (χ0v) is 15.9. The molecule has 2 aromatic rings. The summed E-state index contributed by atoms with van der Waals surface area (Å²) >= 11 is 1.38. The van der Waals surface area contributed by atoms with Crippen LogP contribution in [0.4, 0.5) is 5.69 Å². The molecule has 3 rings (SSSR count). The number of esters is 1. The quantitative estimate of drug-likeness (QED) is 0.411. The van der Waals surface area contributed by atoms with Gasteiger partial charge >= 0.3 is 5.97 Å². The minimum atomic E-state index is -2.99. The van der Waals surface area contributed by atoms with Crippen molar-refractivity contribution in [3.8, 4) is 0 Å². The van der Waals surface area contributed by atoms with Crippen LogP contribution in [0.3, 0.4) is 0 Å². The lowest BCUT2D eigenvalue weighted by Crippen LogP contribution is -2.10. The van der Waals surface area contributed by atoms with Crippen LogP contribution in [0.25, 0.3) is 0 Å². The number of non-ortho nitro benzene ring substituents is 1. The van der Waals surface area contributed by atoms with E-state index < -0.39 is 20.7 Å². The highest BCUT2D eigenvalue weighted by atomic mass is 32.2. The molecule has 1 aliphatic rings. The van der Waals surface area contributed by atoms with Crippen molar-refractivity contribution in [1.29, 1.82) is 0 Å². The summed E-state index contributed by atoms with van der Waals surface area (Å²) in [6.45, 7) is -0.00631. The number of hydrogen-bond donors (Lipinski definition) is 0. The van der Waals surface area contributed by atoms with Gasteiger partial charge in [-0.05, 0) is 36.2 Å². The Kier molecular flexibility index (Phi) is 5.81. The first kappa shape index (κ1) is 19.4. The lowest BCUT2D eigenvalue weighted by atomic mass is 10.2. The SMILES string of the molecule is O=C(OCc1ccc([N+](=O)[O-])cc1)c1ccccc1S[C@@H]1CCS(=O)(=O)C1. The Bertz CT molecular complexity index is 956. The molecule has 0 saturated carbocycles. The number of benzene rings is 2. The molecule has 142 valence electrons. The van der Waals surface area contributed by atoms with Crippen molar-refractivity contribution in [2.45, 2.75) is 23.2 Å². The summed E-state index contributed by atoms with van der Waals surface area (Å²) in [4.78, 5) is 23.3. The fraction of sp³-hybridized carbons (Fsp3) is 0.278. The third-order valence-corrected chi connectivity index (χ3v) is 7.43. The van der Waals surface area contributed by atoms with Crippen LogP contribution in [-0.2, 0) is 21.2 Å². The van der Waals surface area contributed by atoms with Crippen LogP contribution in [0.2, 0.25) is 0 Å². The van der Waals surface area contributed by atoms with E-state index in [1.165, 1.54) is 36.0 Å². The van der Waals surface area contributed by atoms with E-state index in [0.717, 1.165) is 0 Å². The molecular formula is C18H17NO6S2. The standard InChI is InChI=1S/C18H17NO6S2/c20-18(25-11-13-5-7-14(8-6-13)19(21)22)16-3-1-2-4-17(16)26-15-9-10-27(23,24)12-15/h1-8,15H,9-12H2/t15-/m1/s1. The van der Waals surface area contributed by atoms with Crippen LogP contribution in [0.15, 0.2) is 53.4 Å². The Morgan fingerprint density at radius 3 is 2.52 bits per heavy atom. The molecule has 1 heterocycles. The highest BCUT2D eigenvalue weighted by molar-refractivity contribution is 8.02. The fourth-order valence-corrected chi connectivity index (χ4v) is 6.33. The number of carbonyl (C=O) groups excluding carboxylic acids is 1. The molecule has 0 bridgehead atoms. The number of carbonyl (C=O) groups is 1. The van der Waals surface area contributed by atoms with Gasteiger partial charge in [-0.2, -0.15) is 0 Å². The number of thioether (sulfide) groups is 1. The van der Waals surface area contributed by atoms with Crippen molar-refractivity contribution >= 4 is 33.3 Å². The minimum Gasteiger partial charge on any atom is -0.457 e. The van der Waals surface area contributed by atoms with Crippen molar-refractivity contribution in [1.82, 2.24) is 0 Å². The summed E-state index contributed by atoms with van der Waals surface area (Å²) in [7, 11) is -2.99. The van der Waals surface area contributed by atoms with Gasteiger partial charge < -0.3 is 4.74 Å². The molecule has 27 heavy (non-hydrogen) atoms. The molecule has 7 nitrogen and oxygen atoms in total. The van der Waals surface area contributed by atoms with E-state index in [2.05, 4.69) is 0 Å². The van der Waals surface area contributed by atoms with Crippen LogP contribution in [0.1, 0.15) is 22.3 Å². The highest BCUT2D eigenvalue weighted by Gasteiger charge is 2.29. The van der Waals surface area contributed by atoms with Gasteiger partial charge in [-0.1, -0.05) is 12.1 Å². The molecule has 1 aliphatic heterocycles. The number of nitro benzene ring substituents is 1. The average Bonchev–Trinajstić information content (AvgIpc) is 2.99. The predicted molar refractivity (Wildman–Crippen MR) is 102 cm³/mol. The molecule has 1 fully saturated rings. The van der Waals surface area contributed by atoms with E-state index in [1.54, 1.807) is 24.3 Å². The molecule has 0 N–H and O–H groups in total. The first-order valence-electron chi connectivity index (χ1n) is 8.20. The van der Waals surface area contributed by atoms with Crippen molar-refractivity contribution in [3.63, 3.8) is 0 Å². The Morgan fingerprint density at radius 2 is 1.89 bits per heavy atom. The van der Waals surface area contributed by atoms with E-state index in [0.29, 0.717) is 22.4 Å². The summed E-state index contributed by atoms with van der Waals surface area (Å²) < 4.78 is 28.6. The van der Waals surface area contributed by atoms with E-state index in [9.17, 15) is 23.3 Å². The lowest BCUT2D eigenvalue weighted by molar-refractivity contribution is -0.384. The van der Waals surface area contributed by atoms with Gasteiger partial charge in [0.05, 0.1) is 22.0 Å². The van der Waals surface area contributed by atoms with Crippen LogP contribution in [-0.4, -0.2) is 36.1 Å². The van der Waals surface area contributed by atoms with Crippen LogP contribution < -0.4 is 0 Å². The number of hydrogen-bond acceptors (Lipinski definition) is 7. The van der Waals surface area contributed by atoms with Gasteiger partial charge in [-0.3, -0.25) is 10.1 Å². The van der Waals surface area contributed by atoms with Gasteiger partial charge in [-0.15, -0.1) is 11.8 Å². The molecule has 1 atom stereocenters. The molecule has 0 radical (unpaired) electrons. The van der Waals surface area contributed by atoms with Crippen LogP contribution >= 0.6 is 11.8 Å². The third kappa shape index (κ3) is 5.08. The Labute approximate surface area is 160 Å².